The zero-order chi connectivity index (χ0) is 12.4. The SMILES string of the molecule is O=C1C=CC(=O)N1Nc1ccccc1[N+](=O)[O-]. The smallest absolute Gasteiger partial charge is 0.282 e. The maximum absolute atomic E-state index is 11.3. The number of carbonyl (C=O) groups is 2. The lowest BCUT2D eigenvalue weighted by atomic mass is 10.3. The van der Waals surface area contributed by atoms with Gasteiger partial charge in [0.15, 0.2) is 0 Å². The van der Waals surface area contributed by atoms with E-state index in [1.165, 1.54) is 18.2 Å². The van der Waals surface area contributed by atoms with E-state index in [0.29, 0.717) is 5.01 Å². The highest BCUT2D eigenvalue weighted by Gasteiger charge is 2.25. The van der Waals surface area contributed by atoms with Gasteiger partial charge in [0.25, 0.3) is 17.5 Å². The highest BCUT2D eigenvalue weighted by atomic mass is 16.6. The van der Waals surface area contributed by atoms with Crippen LogP contribution in [0.2, 0.25) is 0 Å². The molecule has 2 rings (SSSR count). The van der Waals surface area contributed by atoms with Crippen LogP contribution < -0.4 is 5.43 Å². The van der Waals surface area contributed by atoms with Crippen LogP contribution in [-0.2, 0) is 9.59 Å². The number of imide groups is 1. The summed E-state index contributed by atoms with van der Waals surface area (Å²) in [5.74, 6) is -1.12. The quantitative estimate of drug-likeness (QED) is 0.474. The minimum Gasteiger partial charge on any atom is -0.282 e. The molecule has 1 aromatic rings. The number of carbonyl (C=O) groups excluding carboxylic acids is 2. The Kier molecular flexibility index (Phi) is 2.57. The molecule has 0 bridgehead atoms. The number of anilines is 1. The Hall–Kier alpha value is -2.70. The largest absolute Gasteiger partial charge is 0.294 e. The van der Waals surface area contributed by atoms with Gasteiger partial charge in [-0.15, -0.1) is 0 Å². The number of hydrogen-bond acceptors (Lipinski definition) is 5. The van der Waals surface area contributed by atoms with E-state index < -0.39 is 16.7 Å². The van der Waals surface area contributed by atoms with E-state index in [2.05, 4.69) is 5.43 Å². The maximum Gasteiger partial charge on any atom is 0.294 e. The molecular formula is C10H7N3O4. The lowest BCUT2D eigenvalue weighted by Gasteiger charge is -2.15. The number of rotatable bonds is 3. The molecule has 0 aromatic heterocycles. The predicted octanol–water partition coefficient (Wildman–Crippen LogP) is 0.847. The molecule has 1 aliphatic heterocycles. The molecular weight excluding hydrogens is 226 g/mol. The van der Waals surface area contributed by atoms with Crippen molar-refractivity contribution in [1.29, 1.82) is 0 Å². The highest BCUT2D eigenvalue weighted by molar-refractivity contribution is 6.13. The number of benzene rings is 1. The van der Waals surface area contributed by atoms with Crippen LogP contribution >= 0.6 is 0 Å². The number of nitro groups is 1. The van der Waals surface area contributed by atoms with Crippen molar-refractivity contribution in [2.45, 2.75) is 0 Å². The van der Waals surface area contributed by atoms with Crippen LogP contribution in [-0.4, -0.2) is 21.7 Å². The number of hydrazine groups is 1. The van der Waals surface area contributed by atoms with Crippen LogP contribution in [0.25, 0.3) is 0 Å². The minimum absolute atomic E-state index is 0.0860. The Morgan fingerprint density at radius 3 is 2.29 bits per heavy atom. The molecule has 7 nitrogen and oxygen atoms in total. The fraction of sp³-hybridized carbons (Fsp3) is 0. The van der Waals surface area contributed by atoms with Crippen molar-refractivity contribution < 1.29 is 14.5 Å². The molecule has 1 aromatic carbocycles. The van der Waals surface area contributed by atoms with Gasteiger partial charge >= 0.3 is 0 Å². The van der Waals surface area contributed by atoms with Crippen LogP contribution in [0.3, 0.4) is 0 Å². The lowest BCUT2D eigenvalue weighted by molar-refractivity contribution is -0.384. The summed E-state index contributed by atoms with van der Waals surface area (Å²) in [7, 11) is 0. The fourth-order valence-electron chi connectivity index (χ4n) is 1.36. The van der Waals surface area contributed by atoms with Gasteiger partial charge in [-0.1, -0.05) is 12.1 Å². The summed E-state index contributed by atoms with van der Waals surface area (Å²) in [6.45, 7) is 0. The molecule has 0 spiro atoms. The third kappa shape index (κ3) is 1.98. The van der Waals surface area contributed by atoms with Crippen LogP contribution in [0.1, 0.15) is 0 Å². The van der Waals surface area contributed by atoms with Crippen molar-refractivity contribution >= 4 is 23.2 Å². The zero-order valence-electron chi connectivity index (χ0n) is 8.49. The van der Waals surface area contributed by atoms with Gasteiger partial charge in [-0.05, 0) is 6.07 Å². The van der Waals surface area contributed by atoms with Gasteiger partial charge in [-0.3, -0.25) is 25.1 Å². The second kappa shape index (κ2) is 4.05. The molecule has 0 fully saturated rings. The van der Waals surface area contributed by atoms with E-state index in [1.807, 2.05) is 0 Å². The van der Waals surface area contributed by atoms with Gasteiger partial charge in [0, 0.05) is 18.2 Å². The molecule has 0 radical (unpaired) electrons. The van der Waals surface area contributed by atoms with Crippen molar-refractivity contribution in [2.75, 3.05) is 5.43 Å². The van der Waals surface area contributed by atoms with Gasteiger partial charge in [0.05, 0.1) is 4.92 Å². The van der Waals surface area contributed by atoms with E-state index >= 15 is 0 Å². The second-order valence-electron chi connectivity index (χ2n) is 3.23. The Labute approximate surface area is 95.5 Å². The first kappa shape index (κ1) is 10.8. The highest BCUT2D eigenvalue weighted by Crippen LogP contribution is 2.24. The van der Waals surface area contributed by atoms with Crippen molar-refractivity contribution in [2.24, 2.45) is 0 Å². The molecule has 1 N–H and O–H groups in total. The van der Waals surface area contributed by atoms with Crippen molar-refractivity contribution in [3.8, 4) is 0 Å². The number of amides is 2. The summed E-state index contributed by atoms with van der Waals surface area (Å²) in [6.07, 6.45) is 2.17. The number of hydrogen-bond donors (Lipinski definition) is 1. The predicted molar refractivity (Wildman–Crippen MR) is 57.7 cm³/mol. The molecule has 0 aliphatic carbocycles. The minimum atomic E-state index is -0.596. The topological polar surface area (TPSA) is 92.6 Å². The molecule has 0 atom stereocenters. The van der Waals surface area contributed by atoms with Crippen LogP contribution in [0, 0.1) is 10.1 Å². The van der Waals surface area contributed by atoms with E-state index in [4.69, 9.17) is 0 Å². The molecule has 1 aliphatic rings. The summed E-state index contributed by atoms with van der Waals surface area (Å²) in [5.41, 5.74) is 2.30. The normalized spacial score (nSPS) is 14.2. The molecule has 17 heavy (non-hydrogen) atoms. The fourth-order valence-corrected chi connectivity index (χ4v) is 1.36. The molecule has 1 heterocycles. The summed E-state index contributed by atoms with van der Waals surface area (Å²) in [6, 6.07) is 5.75. The Bertz CT molecular complexity index is 520. The summed E-state index contributed by atoms with van der Waals surface area (Å²) in [5, 5.41) is 11.4. The summed E-state index contributed by atoms with van der Waals surface area (Å²) >= 11 is 0. The first-order chi connectivity index (χ1) is 8.09. The second-order valence-corrected chi connectivity index (χ2v) is 3.23. The zero-order valence-corrected chi connectivity index (χ0v) is 8.49. The third-order valence-corrected chi connectivity index (χ3v) is 2.14. The third-order valence-electron chi connectivity index (χ3n) is 2.14. The monoisotopic (exact) mass is 233 g/mol. The molecule has 0 saturated carbocycles. The van der Waals surface area contributed by atoms with Crippen molar-refractivity contribution in [1.82, 2.24) is 5.01 Å². The number of nitrogens with zero attached hydrogens (tertiary/aromatic N) is 2. The lowest BCUT2D eigenvalue weighted by Crippen LogP contribution is -2.35. The van der Waals surface area contributed by atoms with Gasteiger partial charge < -0.3 is 0 Å². The Morgan fingerprint density at radius 1 is 1.12 bits per heavy atom. The van der Waals surface area contributed by atoms with Crippen LogP contribution in [0.4, 0.5) is 11.4 Å². The number of nitro benzene ring substituents is 1. The van der Waals surface area contributed by atoms with E-state index in [1.54, 1.807) is 6.07 Å². The maximum atomic E-state index is 11.3. The molecule has 0 unspecified atom stereocenters. The molecule has 7 heteroatoms. The van der Waals surface area contributed by atoms with Crippen LogP contribution in [0.15, 0.2) is 36.4 Å². The van der Waals surface area contributed by atoms with Gasteiger partial charge in [-0.2, -0.15) is 5.01 Å². The Balaban J connectivity index is 2.28. The Morgan fingerprint density at radius 2 is 1.71 bits per heavy atom. The van der Waals surface area contributed by atoms with E-state index in [9.17, 15) is 19.7 Å². The number of para-hydroxylation sites is 2. The standard InChI is InChI=1S/C10H7N3O4/c14-9-5-6-10(15)12(9)11-7-3-1-2-4-8(7)13(16)17/h1-6,11H. The van der Waals surface area contributed by atoms with E-state index in [-0.39, 0.29) is 11.4 Å². The molecule has 2 amide bonds. The van der Waals surface area contributed by atoms with Crippen molar-refractivity contribution in [3.05, 3.63) is 46.5 Å². The van der Waals surface area contributed by atoms with Gasteiger partial charge in [-0.25, -0.2) is 0 Å². The number of nitrogens with one attached hydrogen (secondary N) is 1. The average molecular weight is 233 g/mol. The summed E-state index contributed by atoms with van der Waals surface area (Å²) < 4.78 is 0. The average Bonchev–Trinajstić information content (AvgIpc) is 2.61. The summed E-state index contributed by atoms with van der Waals surface area (Å²) in [4.78, 5) is 32.6. The first-order valence-electron chi connectivity index (χ1n) is 4.66. The van der Waals surface area contributed by atoms with Crippen molar-refractivity contribution in [3.63, 3.8) is 0 Å². The molecule has 86 valence electrons. The van der Waals surface area contributed by atoms with Gasteiger partial charge in [0.1, 0.15) is 5.69 Å². The van der Waals surface area contributed by atoms with E-state index in [0.717, 1.165) is 12.2 Å². The first-order valence-corrected chi connectivity index (χ1v) is 4.66. The molecule has 0 saturated heterocycles. The van der Waals surface area contributed by atoms with Crippen LogP contribution in [0.5, 0.6) is 0 Å². The van der Waals surface area contributed by atoms with Gasteiger partial charge in [0.2, 0.25) is 0 Å².